The molecule has 0 radical (unpaired) electrons. The van der Waals surface area contributed by atoms with E-state index in [1.165, 1.54) is 12.0 Å². The number of rotatable bonds is 6. The van der Waals surface area contributed by atoms with Crippen LogP contribution in [-0.2, 0) is 14.3 Å². The van der Waals surface area contributed by atoms with Gasteiger partial charge in [-0.2, -0.15) is 0 Å². The van der Waals surface area contributed by atoms with Gasteiger partial charge in [-0.1, -0.05) is 30.3 Å². The highest BCUT2D eigenvalue weighted by Crippen LogP contribution is 2.39. The maximum Gasteiger partial charge on any atom is 0.295 e. The van der Waals surface area contributed by atoms with Gasteiger partial charge in [-0.25, -0.2) is 0 Å². The first-order chi connectivity index (χ1) is 13.1. The Morgan fingerprint density at radius 3 is 2.30 bits per heavy atom. The van der Waals surface area contributed by atoms with Crippen LogP contribution in [0.15, 0.2) is 60.2 Å². The van der Waals surface area contributed by atoms with Crippen molar-refractivity contribution in [2.75, 3.05) is 27.4 Å². The van der Waals surface area contributed by atoms with Gasteiger partial charge >= 0.3 is 0 Å². The third kappa shape index (κ3) is 3.57. The summed E-state index contributed by atoms with van der Waals surface area (Å²) in [5, 5.41) is 10.9. The second-order valence-corrected chi connectivity index (χ2v) is 6.12. The molecule has 1 atom stereocenters. The monoisotopic (exact) mass is 367 g/mol. The number of amides is 1. The predicted octanol–water partition coefficient (Wildman–Crippen LogP) is 2.76. The Morgan fingerprint density at radius 1 is 1.04 bits per heavy atom. The number of aliphatic hydroxyl groups is 1. The van der Waals surface area contributed by atoms with Crippen molar-refractivity contribution in [2.45, 2.75) is 6.04 Å². The standard InChI is InChI=1S/C21H21NO5/c1-26-13-12-22-18(14-6-4-3-5-7-14)17(20(24)21(22)25)19(23)15-8-10-16(27-2)11-9-15/h3-11,18,23H,12-13H2,1-2H3/t18-/m0/s1. The summed E-state index contributed by atoms with van der Waals surface area (Å²) < 4.78 is 10.2. The normalized spacial score (nSPS) is 18.7. The number of methoxy groups -OCH3 is 2. The zero-order valence-electron chi connectivity index (χ0n) is 15.2. The Labute approximate surface area is 157 Å². The highest BCUT2D eigenvalue weighted by Gasteiger charge is 2.45. The largest absolute Gasteiger partial charge is 0.507 e. The molecule has 140 valence electrons. The van der Waals surface area contributed by atoms with Crippen molar-refractivity contribution in [1.82, 2.24) is 4.90 Å². The molecule has 6 nitrogen and oxygen atoms in total. The van der Waals surface area contributed by atoms with Crippen LogP contribution in [-0.4, -0.2) is 49.1 Å². The molecule has 1 N–H and O–H groups in total. The number of Topliss-reactive ketones (excluding diaryl/α,β-unsaturated/α-hetero) is 1. The summed E-state index contributed by atoms with van der Waals surface area (Å²) in [5.74, 6) is -0.916. The number of carbonyl (C=O) groups excluding carboxylic acids is 2. The van der Waals surface area contributed by atoms with E-state index < -0.39 is 17.7 Å². The smallest absolute Gasteiger partial charge is 0.295 e. The van der Waals surface area contributed by atoms with Gasteiger partial charge in [0.2, 0.25) is 0 Å². The average molecular weight is 367 g/mol. The summed E-state index contributed by atoms with van der Waals surface area (Å²) in [5.41, 5.74) is 1.27. The molecule has 0 aliphatic carbocycles. The van der Waals surface area contributed by atoms with E-state index in [2.05, 4.69) is 0 Å². The summed E-state index contributed by atoms with van der Waals surface area (Å²) in [7, 11) is 3.08. The molecule has 0 spiro atoms. The van der Waals surface area contributed by atoms with E-state index in [0.29, 0.717) is 17.9 Å². The van der Waals surface area contributed by atoms with E-state index in [4.69, 9.17) is 9.47 Å². The maximum atomic E-state index is 12.7. The van der Waals surface area contributed by atoms with Crippen molar-refractivity contribution in [3.8, 4) is 5.75 Å². The van der Waals surface area contributed by atoms with Crippen LogP contribution in [0.5, 0.6) is 5.75 Å². The Hall–Kier alpha value is -3.12. The number of ketones is 1. The minimum atomic E-state index is -0.701. The topological polar surface area (TPSA) is 76.1 Å². The molecular formula is C21H21NO5. The van der Waals surface area contributed by atoms with Gasteiger partial charge in [0.15, 0.2) is 0 Å². The molecule has 27 heavy (non-hydrogen) atoms. The van der Waals surface area contributed by atoms with E-state index in [0.717, 1.165) is 5.56 Å². The summed E-state index contributed by atoms with van der Waals surface area (Å²) in [4.78, 5) is 26.8. The lowest BCUT2D eigenvalue weighted by Gasteiger charge is -2.25. The van der Waals surface area contributed by atoms with Gasteiger partial charge in [-0.15, -0.1) is 0 Å². The number of hydrogen-bond acceptors (Lipinski definition) is 5. The molecule has 0 bridgehead atoms. The second-order valence-electron chi connectivity index (χ2n) is 6.12. The summed E-state index contributed by atoms with van der Waals surface area (Å²) in [6, 6.07) is 15.2. The fourth-order valence-corrected chi connectivity index (χ4v) is 3.19. The van der Waals surface area contributed by atoms with Crippen LogP contribution < -0.4 is 4.74 Å². The Kier molecular flexibility index (Phi) is 5.57. The van der Waals surface area contributed by atoms with Crippen LogP contribution in [0.2, 0.25) is 0 Å². The molecule has 1 saturated heterocycles. The molecule has 1 aliphatic heterocycles. The van der Waals surface area contributed by atoms with E-state index >= 15 is 0 Å². The highest BCUT2D eigenvalue weighted by atomic mass is 16.5. The predicted molar refractivity (Wildman–Crippen MR) is 100 cm³/mol. The molecule has 1 fully saturated rings. The third-order valence-corrected chi connectivity index (χ3v) is 4.56. The number of likely N-dealkylation sites (tertiary alicyclic amines) is 1. The molecule has 0 unspecified atom stereocenters. The Balaban J connectivity index is 2.11. The van der Waals surface area contributed by atoms with Crippen molar-refractivity contribution >= 4 is 17.4 Å². The molecule has 0 saturated carbocycles. The lowest BCUT2D eigenvalue weighted by molar-refractivity contribution is -0.140. The van der Waals surface area contributed by atoms with Gasteiger partial charge < -0.3 is 19.5 Å². The number of carbonyl (C=O) groups is 2. The van der Waals surface area contributed by atoms with Crippen LogP contribution in [0.4, 0.5) is 0 Å². The van der Waals surface area contributed by atoms with Gasteiger partial charge in [-0.3, -0.25) is 9.59 Å². The summed E-state index contributed by atoms with van der Waals surface area (Å²) in [6.45, 7) is 0.541. The van der Waals surface area contributed by atoms with Crippen LogP contribution in [0.1, 0.15) is 17.2 Å². The zero-order valence-corrected chi connectivity index (χ0v) is 15.2. The van der Waals surface area contributed by atoms with Gasteiger partial charge in [0.05, 0.1) is 25.3 Å². The first kappa shape index (κ1) is 18.7. The van der Waals surface area contributed by atoms with Crippen LogP contribution in [0.3, 0.4) is 0 Å². The molecule has 6 heteroatoms. The van der Waals surface area contributed by atoms with Crippen molar-refractivity contribution in [3.05, 3.63) is 71.3 Å². The number of benzene rings is 2. The SMILES string of the molecule is COCCN1C(=O)C(=O)C(=C(O)c2ccc(OC)cc2)[C@@H]1c1ccccc1. The summed E-state index contributed by atoms with van der Waals surface area (Å²) in [6.07, 6.45) is 0. The van der Waals surface area contributed by atoms with Gasteiger partial charge in [-0.05, 0) is 29.8 Å². The van der Waals surface area contributed by atoms with Crippen LogP contribution >= 0.6 is 0 Å². The number of aliphatic hydroxyl groups excluding tert-OH is 1. The minimum Gasteiger partial charge on any atom is -0.507 e. The first-order valence-corrected chi connectivity index (χ1v) is 8.55. The second kappa shape index (κ2) is 8.05. The maximum absolute atomic E-state index is 12.7. The third-order valence-electron chi connectivity index (χ3n) is 4.56. The molecule has 1 amide bonds. The summed E-state index contributed by atoms with van der Waals surface area (Å²) >= 11 is 0. The van der Waals surface area contributed by atoms with Crippen molar-refractivity contribution in [3.63, 3.8) is 0 Å². The average Bonchev–Trinajstić information content (AvgIpc) is 2.97. The number of nitrogens with zero attached hydrogens (tertiary/aromatic N) is 1. The number of ether oxygens (including phenoxy) is 2. The number of hydrogen-bond donors (Lipinski definition) is 1. The Morgan fingerprint density at radius 2 is 1.70 bits per heavy atom. The minimum absolute atomic E-state index is 0.0764. The van der Waals surface area contributed by atoms with E-state index in [-0.39, 0.29) is 17.9 Å². The van der Waals surface area contributed by atoms with E-state index in [1.807, 2.05) is 30.3 Å². The van der Waals surface area contributed by atoms with Crippen LogP contribution in [0, 0.1) is 0 Å². The van der Waals surface area contributed by atoms with Gasteiger partial charge in [0, 0.05) is 19.2 Å². The zero-order chi connectivity index (χ0) is 19.4. The van der Waals surface area contributed by atoms with Crippen molar-refractivity contribution in [2.24, 2.45) is 0 Å². The highest BCUT2D eigenvalue weighted by molar-refractivity contribution is 6.46. The van der Waals surface area contributed by atoms with E-state index in [1.54, 1.807) is 31.4 Å². The lowest BCUT2D eigenvalue weighted by atomic mass is 9.95. The van der Waals surface area contributed by atoms with E-state index in [9.17, 15) is 14.7 Å². The first-order valence-electron chi connectivity index (χ1n) is 8.55. The fourth-order valence-electron chi connectivity index (χ4n) is 3.19. The van der Waals surface area contributed by atoms with Crippen molar-refractivity contribution < 1.29 is 24.2 Å². The molecule has 0 aromatic heterocycles. The lowest BCUT2D eigenvalue weighted by Crippen LogP contribution is -2.32. The van der Waals surface area contributed by atoms with Crippen molar-refractivity contribution in [1.29, 1.82) is 0 Å². The van der Waals surface area contributed by atoms with Gasteiger partial charge in [0.1, 0.15) is 11.5 Å². The van der Waals surface area contributed by atoms with Gasteiger partial charge in [0.25, 0.3) is 11.7 Å². The molecule has 2 aromatic carbocycles. The molecular weight excluding hydrogens is 346 g/mol. The van der Waals surface area contributed by atoms with Crippen LogP contribution in [0.25, 0.3) is 5.76 Å². The molecule has 2 aromatic rings. The quantitative estimate of drug-likeness (QED) is 0.483. The molecule has 3 rings (SSSR count). The Bertz CT molecular complexity index is 858. The fraction of sp³-hybridized carbons (Fsp3) is 0.238. The molecule has 1 heterocycles. The molecule has 1 aliphatic rings.